The molecule has 1 unspecified atom stereocenters. The molecule has 3 heteroatoms. The molecule has 98 valence electrons. The van der Waals surface area contributed by atoms with E-state index in [0.29, 0.717) is 6.04 Å². The van der Waals surface area contributed by atoms with Gasteiger partial charge < -0.3 is 10.1 Å². The molecule has 0 bridgehead atoms. The Hall–Kier alpha value is -0.930. The maximum atomic E-state index is 5.69. The Bertz CT molecular complexity index is 377. The summed E-state index contributed by atoms with van der Waals surface area (Å²) >= 11 is 1.88. The monoisotopic (exact) mass is 263 g/mol. The van der Waals surface area contributed by atoms with Gasteiger partial charge in [-0.3, -0.25) is 0 Å². The van der Waals surface area contributed by atoms with E-state index in [9.17, 15) is 0 Å². The molecule has 0 fully saturated rings. The molecule has 0 aliphatic carbocycles. The van der Waals surface area contributed by atoms with Gasteiger partial charge in [-0.15, -0.1) is 11.8 Å². The van der Waals surface area contributed by atoms with Crippen molar-refractivity contribution in [2.24, 2.45) is 0 Å². The number of benzene rings is 1. The molecule has 1 heterocycles. The molecule has 1 aromatic rings. The minimum Gasteiger partial charge on any atom is -0.496 e. The van der Waals surface area contributed by atoms with Crippen molar-refractivity contribution in [3.63, 3.8) is 0 Å². The first-order chi connectivity index (χ1) is 8.90. The normalized spacial score (nSPS) is 16.2. The molecular weight excluding hydrogens is 242 g/mol. The standard InChI is InChI=1S/C15H21NOS/c1-2-10-16-14(15-9-6-11-17-15)12-18-13-7-4-3-5-8-13/h3-5,7-9,14,16H,2,6,10-12H2,1H3. The van der Waals surface area contributed by atoms with Gasteiger partial charge in [-0.1, -0.05) is 25.1 Å². The average Bonchev–Trinajstić information content (AvgIpc) is 2.94. The Morgan fingerprint density at radius 1 is 1.33 bits per heavy atom. The number of ether oxygens (including phenoxy) is 1. The molecule has 2 nitrogen and oxygen atoms in total. The average molecular weight is 263 g/mol. The first kappa shape index (κ1) is 13.5. The number of thioether (sulfide) groups is 1. The van der Waals surface area contributed by atoms with Gasteiger partial charge in [0, 0.05) is 17.1 Å². The minimum absolute atomic E-state index is 0.345. The predicted octanol–water partition coefficient (Wildman–Crippen LogP) is 3.45. The molecular formula is C15H21NOS. The van der Waals surface area contributed by atoms with Gasteiger partial charge in [0.2, 0.25) is 0 Å². The molecule has 1 aromatic carbocycles. The fourth-order valence-corrected chi connectivity index (χ4v) is 2.93. The van der Waals surface area contributed by atoms with Gasteiger partial charge in [-0.25, -0.2) is 0 Å². The van der Waals surface area contributed by atoms with Crippen LogP contribution in [-0.4, -0.2) is 24.9 Å². The Balaban J connectivity index is 1.88. The Kier molecular flexibility index (Phi) is 5.62. The van der Waals surface area contributed by atoms with Crippen molar-refractivity contribution in [2.45, 2.75) is 30.7 Å². The minimum atomic E-state index is 0.345. The van der Waals surface area contributed by atoms with Crippen LogP contribution in [0, 0.1) is 0 Å². The van der Waals surface area contributed by atoms with Crippen LogP contribution in [0.5, 0.6) is 0 Å². The van der Waals surface area contributed by atoms with Gasteiger partial charge >= 0.3 is 0 Å². The van der Waals surface area contributed by atoms with Crippen molar-refractivity contribution in [3.05, 3.63) is 42.2 Å². The Labute approximate surface area is 114 Å². The highest BCUT2D eigenvalue weighted by Gasteiger charge is 2.18. The zero-order valence-corrected chi connectivity index (χ0v) is 11.7. The van der Waals surface area contributed by atoms with Gasteiger partial charge in [-0.05, 0) is 31.2 Å². The second-order valence-corrected chi connectivity index (χ2v) is 5.47. The van der Waals surface area contributed by atoms with Crippen molar-refractivity contribution in [2.75, 3.05) is 18.9 Å². The van der Waals surface area contributed by atoms with Crippen molar-refractivity contribution >= 4 is 11.8 Å². The smallest absolute Gasteiger partial charge is 0.110 e. The van der Waals surface area contributed by atoms with Gasteiger partial charge in [-0.2, -0.15) is 0 Å². The molecule has 2 rings (SSSR count). The van der Waals surface area contributed by atoms with E-state index in [1.807, 2.05) is 11.8 Å². The summed E-state index contributed by atoms with van der Waals surface area (Å²) in [6.45, 7) is 4.08. The van der Waals surface area contributed by atoms with Gasteiger partial charge in [0.05, 0.1) is 12.6 Å². The van der Waals surface area contributed by atoms with Gasteiger partial charge in [0.1, 0.15) is 5.76 Å². The maximum absolute atomic E-state index is 5.69. The zero-order chi connectivity index (χ0) is 12.6. The summed E-state index contributed by atoms with van der Waals surface area (Å²) in [5.41, 5.74) is 0. The summed E-state index contributed by atoms with van der Waals surface area (Å²) in [6, 6.07) is 10.9. The van der Waals surface area contributed by atoms with Gasteiger partial charge in [0.25, 0.3) is 0 Å². The van der Waals surface area contributed by atoms with Crippen LogP contribution < -0.4 is 5.32 Å². The molecule has 0 amide bonds. The largest absolute Gasteiger partial charge is 0.496 e. The Morgan fingerprint density at radius 3 is 2.83 bits per heavy atom. The Morgan fingerprint density at radius 2 is 2.17 bits per heavy atom. The van der Waals surface area contributed by atoms with Crippen LogP contribution in [0.3, 0.4) is 0 Å². The number of hydrogen-bond acceptors (Lipinski definition) is 3. The summed E-state index contributed by atoms with van der Waals surface area (Å²) in [4.78, 5) is 1.32. The van der Waals surface area contributed by atoms with Crippen LogP contribution in [0.2, 0.25) is 0 Å². The molecule has 0 saturated heterocycles. The number of rotatable bonds is 7. The predicted molar refractivity (Wildman–Crippen MR) is 77.9 cm³/mol. The lowest BCUT2D eigenvalue weighted by atomic mass is 10.2. The molecule has 1 aliphatic heterocycles. The first-order valence-corrected chi connectivity index (χ1v) is 7.63. The summed E-state index contributed by atoms with van der Waals surface area (Å²) in [5, 5.41) is 3.57. The van der Waals surface area contributed by atoms with E-state index in [0.717, 1.165) is 37.5 Å². The molecule has 18 heavy (non-hydrogen) atoms. The lowest BCUT2D eigenvalue weighted by Crippen LogP contribution is -2.34. The summed E-state index contributed by atoms with van der Waals surface area (Å²) < 4.78 is 5.69. The van der Waals surface area contributed by atoms with Crippen LogP contribution >= 0.6 is 11.8 Å². The molecule has 1 aliphatic rings. The third-order valence-electron chi connectivity index (χ3n) is 2.88. The van der Waals surface area contributed by atoms with Crippen molar-refractivity contribution in [3.8, 4) is 0 Å². The van der Waals surface area contributed by atoms with Crippen molar-refractivity contribution < 1.29 is 4.74 Å². The highest BCUT2D eigenvalue weighted by molar-refractivity contribution is 7.99. The van der Waals surface area contributed by atoms with E-state index in [-0.39, 0.29) is 0 Å². The van der Waals surface area contributed by atoms with Gasteiger partial charge in [0.15, 0.2) is 0 Å². The quantitative estimate of drug-likeness (QED) is 0.761. The SMILES string of the molecule is CCCNC(CSc1ccccc1)C1=CCCO1. The van der Waals surface area contributed by atoms with E-state index in [2.05, 4.69) is 48.6 Å². The molecule has 0 spiro atoms. The highest BCUT2D eigenvalue weighted by Crippen LogP contribution is 2.22. The zero-order valence-electron chi connectivity index (χ0n) is 10.9. The van der Waals surface area contributed by atoms with Crippen LogP contribution in [0.25, 0.3) is 0 Å². The third-order valence-corrected chi connectivity index (χ3v) is 3.98. The second kappa shape index (κ2) is 7.49. The van der Waals surface area contributed by atoms with Crippen LogP contribution in [0.4, 0.5) is 0 Å². The summed E-state index contributed by atoms with van der Waals surface area (Å²) in [7, 11) is 0. The van der Waals surface area contributed by atoms with E-state index in [1.165, 1.54) is 4.90 Å². The van der Waals surface area contributed by atoms with E-state index in [4.69, 9.17) is 4.74 Å². The summed E-state index contributed by atoms with van der Waals surface area (Å²) in [6.07, 6.45) is 4.42. The van der Waals surface area contributed by atoms with E-state index < -0.39 is 0 Å². The number of hydrogen-bond donors (Lipinski definition) is 1. The van der Waals surface area contributed by atoms with Crippen LogP contribution in [-0.2, 0) is 4.74 Å². The van der Waals surface area contributed by atoms with E-state index in [1.54, 1.807) is 0 Å². The highest BCUT2D eigenvalue weighted by atomic mass is 32.2. The van der Waals surface area contributed by atoms with Crippen molar-refractivity contribution in [1.82, 2.24) is 5.32 Å². The molecule has 0 radical (unpaired) electrons. The maximum Gasteiger partial charge on any atom is 0.110 e. The molecule has 0 aromatic heterocycles. The third kappa shape index (κ3) is 4.07. The topological polar surface area (TPSA) is 21.3 Å². The van der Waals surface area contributed by atoms with Crippen LogP contribution in [0.1, 0.15) is 19.8 Å². The summed E-state index contributed by atoms with van der Waals surface area (Å²) in [5.74, 6) is 2.16. The van der Waals surface area contributed by atoms with E-state index >= 15 is 0 Å². The lowest BCUT2D eigenvalue weighted by molar-refractivity contribution is 0.220. The molecule has 0 saturated carbocycles. The fraction of sp³-hybridized carbons (Fsp3) is 0.467. The first-order valence-electron chi connectivity index (χ1n) is 6.64. The number of nitrogens with one attached hydrogen (secondary N) is 1. The van der Waals surface area contributed by atoms with Crippen molar-refractivity contribution in [1.29, 1.82) is 0 Å². The fourth-order valence-electron chi connectivity index (χ4n) is 1.94. The molecule has 1 atom stereocenters. The lowest BCUT2D eigenvalue weighted by Gasteiger charge is -2.19. The van der Waals surface area contributed by atoms with Crippen LogP contribution in [0.15, 0.2) is 47.1 Å². The molecule has 1 N–H and O–H groups in total. The second-order valence-electron chi connectivity index (χ2n) is 4.37.